The Morgan fingerprint density at radius 1 is 1.41 bits per heavy atom. The number of esters is 1. The predicted molar refractivity (Wildman–Crippen MR) is 61.2 cm³/mol. The Hall–Kier alpha value is -1.88. The number of anilines is 1. The largest absolute Gasteiger partial charge is 0.466 e. The van der Waals surface area contributed by atoms with E-state index >= 15 is 0 Å². The molecule has 0 aliphatic rings. The van der Waals surface area contributed by atoms with E-state index in [1.807, 2.05) is 0 Å². The van der Waals surface area contributed by atoms with E-state index in [2.05, 4.69) is 10.1 Å². The first-order chi connectivity index (χ1) is 8.02. The van der Waals surface area contributed by atoms with Gasteiger partial charge < -0.3 is 10.1 Å². The van der Waals surface area contributed by atoms with Gasteiger partial charge in [0.15, 0.2) is 0 Å². The van der Waals surface area contributed by atoms with Crippen LogP contribution in [0.1, 0.15) is 0 Å². The van der Waals surface area contributed by atoms with Crippen molar-refractivity contribution in [3.05, 3.63) is 41.2 Å². The van der Waals surface area contributed by atoms with Crippen LogP contribution < -0.4 is 5.32 Å². The molecule has 0 bridgehead atoms. The van der Waals surface area contributed by atoms with E-state index in [1.165, 1.54) is 19.2 Å². The van der Waals surface area contributed by atoms with Crippen molar-refractivity contribution in [2.75, 3.05) is 12.4 Å². The van der Waals surface area contributed by atoms with Crippen LogP contribution in [0.3, 0.4) is 0 Å². The van der Waals surface area contributed by atoms with Gasteiger partial charge in [0.2, 0.25) is 5.91 Å². The molecule has 0 aliphatic carbocycles. The molecule has 1 aromatic carbocycles. The second kappa shape index (κ2) is 6.00. The van der Waals surface area contributed by atoms with Gasteiger partial charge in [0, 0.05) is 17.8 Å². The monoisotopic (exact) mass is 257 g/mol. The number of amides is 1. The third-order valence-electron chi connectivity index (χ3n) is 1.76. The molecule has 0 saturated carbocycles. The fraction of sp³-hybridized carbons (Fsp3) is 0.0909. The molecule has 0 atom stereocenters. The molecule has 0 aliphatic heterocycles. The molecule has 4 nitrogen and oxygen atoms in total. The number of ether oxygens (including phenoxy) is 1. The number of nitrogens with one attached hydrogen (secondary N) is 1. The van der Waals surface area contributed by atoms with E-state index in [-0.39, 0.29) is 5.02 Å². The maximum atomic E-state index is 12.8. The Morgan fingerprint density at radius 2 is 2.12 bits per heavy atom. The molecule has 0 spiro atoms. The van der Waals surface area contributed by atoms with Crippen LogP contribution in [0.2, 0.25) is 5.02 Å². The van der Waals surface area contributed by atoms with Crippen molar-refractivity contribution in [3.63, 3.8) is 0 Å². The van der Waals surface area contributed by atoms with Crippen molar-refractivity contribution in [2.24, 2.45) is 0 Å². The number of methoxy groups -OCH3 is 1. The van der Waals surface area contributed by atoms with Crippen molar-refractivity contribution in [1.29, 1.82) is 0 Å². The molecule has 6 heteroatoms. The fourth-order valence-electron chi connectivity index (χ4n) is 0.970. The van der Waals surface area contributed by atoms with Crippen molar-refractivity contribution >= 4 is 29.2 Å². The maximum Gasteiger partial charge on any atom is 0.330 e. The highest BCUT2D eigenvalue weighted by Crippen LogP contribution is 2.19. The molecule has 0 radical (unpaired) electrons. The van der Waals surface area contributed by atoms with Crippen LogP contribution in [0, 0.1) is 5.82 Å². The Labute approximate surface area is 102 Å². The molecule has 0 fully saturated rings. The van der Waals surface area contributed by atoms with Gasteiger partial charge in [-0.25, -0.2) is 9.18 Å². The molecule has 1 rings (SSSR count). The van der Waals surface area contributed by atoms with Gasteiger partial charge in [-0.3, -0.25) is 4.79 Å². The number of hydrogen-bond donors (Lipinski definition) is 1. The van der Waals surface area contributed by atoms with Crippen molar-refractivity contribution in [1.82, 2.24) is 0 Å². The zero-order valence-corrected chi connectivity index (χ0v) is 9.62. The second-order valence-electron chi connectivity index (χ2n) is 2.97. The minimum absolute atomic E-state index is 0.0975. The summed E-state index contributed by atoms with van der Waals surface area (Å²) in [4.78, 5) is 22.0. The molecule has 0 aromatic heterocycles. The van der Waals surface area contributed by atoms with E-state index in [1.54, 1.807) is 0 Å². The standard InChI is InChI=1S/C11H9ClFNO3/c1-17-11(16)5-4-10(15)14-7-2-3-9(13)8(12)6-7/h2-6H,1H3,(H,14,15)/b5-4+. The lowest BCUT2D eigenvalue weighted by atomic mass is 10.3. The summed E-state index contributed by atoms with van der Waals surface area (Å²) in [6, 6.07) is 3.74. The molecule has 90 valence electrons. The molecule has 1 amide bonds. The van der Waals surface area contributed by atoms with Gasteiger partial charge in [0.05, 0.1) is 12.1 Å². The minimum Gasteiger partial charge on any atom is -0.466 e. The molecule has 17 heavy (non-hydrogen) atoms. The average Bonchev–Trinajstić information content (AvgIpc) is 2.31. The van der Waals surface area contributed by atoms with Crippen molar-refractivity contribution in [3.8, 4) is 0 Å². The van der Waals surface area contributed by atoms with Gasteiger partial charge in [-0.1, -0.05) is 11.6 Å². The first kappa shape index (κ1) is 13.2. The summed E-state index contributed by atoms with van der Waals surface area (Å²) in [5, 5.41) is 2.31. The molecule has 1 aromatic rings. The summed E-state index contributed by atoms with van der Waals surface area (Å²) in [7, 11) is 1.20. The Bertz CT molecular complexity index is 474. The highest BCUT2D eigenvalue weighted by atomic mass is 35.5. The van der Waals surface area contributed by atoms with Crippen LogP contribution in [0.5, 0.6) is 0 Å². The van der Waals surface area contributed by atoms with Gasteiger partial charge in [-0.15, -0.1) is 0 Å². The Kier molecular flexibility index (Phi) is 4.66. The lowest BCUT2D eigenvalue weighted by Crippen LogP contribution is -2.09. The van der Waals surface area contributed by atoms with Gasteiger partial charge >= 0.3 is 5.97 Å². The van der Waals surface area contributed by atoms with Crippen LogP contribution in [0.4, 0.5) is 10.1 Å². The molecule has 1 N–H and O–H groups in total. The molecule has 0 unspecified atom stereocenters. The van der Waals surface area contributed by atoms with Crippen molar-refractivity contribution in [2.45, 2.75) is 0 Å². The summed E-state index contributed by atoms with van der Waals surface area (Å²) in [6.45, 7) is 0. The van der Waals surface area contributed by atoms with Gasteiger partial charge in [-0.2, -0.15) is 0 Å². The summed E-state index contributed by atoms with van der Waals surface area (Å²) in [6.07, 6.45) is 1.98. The van der Waals surface area contributed by atoms with E-state index in [0.717, 1.165) is 18.2 Å². The normalized spacial score (nSPS) is 10.3. The number of carbonyl (C=O) groups excluding carboxylic acids is 2. The van der Waals surface area contributed by atoms with Crippen LogP contribution in [0.15, 0.2) is 30.4 Å². The highest BCUT2D eigenvalue weighted by molar-refractivity contribution is 6.31. The van der Waals surface area contributed by atoms with Gasteiger partial charge in [0.1, 0.15) is 5.82 Å². The lowest BCUT2D eigenvalue weighted by molar-refractivity contribution is -0.135. The smallest absolute Gasteiger partial charge is 0.330 e. The first-order valence-corrected chi connectivity index (χ1v) is 4.93. The van der Waals surface area contributed by atoms with E-state index < -0.39 is 17.7 Å². The Balaban J connectivity index is 2.65. The molecular formula is C11H9ClFNO3. The highest BCUT2D eigenvalue weighted by Gasteiger charge is 2.03. The van der Waals surface area contributed by atoms with Crippen LogP contribution >= 0.6 is 11.6 Å². The molecular weight excluding hydrogens is 249 g/mol. The second-order valence-corrected chi connectivity index (χ2v) is 3.38. The summed E-state index contributed by atoms with van der Waals surface area (Å²) < 4.78 is 17.1. The quantitative estimate of drug-likeness (QED) is 0.667. The number of hydrogen-bond acceptors (Lipinski definition) is 3. The fourth-order valence-corrected chi connectivity index (χ4v) is 1.15. The lowest BCUT2D eigenvalue weighted by Gasteiger charge is -2.02. The summed E-state index contributed by atoms with van der Waals surface area (Å²) in [5.74, 6) is -1.76. The molecule has 0 saturated heterocycles. The van der Waals surface area contributed by atoms with Gasteiger partial charge in [-0.05, 0) is 18.2 Å². The van der Waals surface area contributed by atoms with Crippen LogP contribution in [-0.4, -0.2) is 19.0 Å². The number of benzene rings is 1. The van der Waals surface area contributed by atoms with Crippen LogP contribution in [0.25, 0.3) is 0 Å². The van der Waals surface area contributed by atoms with Crippen LogP contribution in [-0.2, 0) is 14.3 Å². The van der Waals surface area contributed by atoms with Gasteiger partial charge in [0.25, 0.3) is 0 Å². The first-order valence-electron chi connectivity index (χ1n) is 4.55. The number of rotatable bonds is 3. The summed E-state index contributed by atoms with van der Waals surface area (Å²) in [5.41, 5.74) is 0.330. The number of carbonyl (C=O) groups is 2. The SMILES string of the molecule is COC(=O)/C=C/C(=O)Nc1ccc(F)c(Cl)c1. The van der Waals surface area contributed by atoms with E-state index in [4.69, 9.17) is 11.6 Å². The average molecular weight is 258 g/mol. The van der Waals surface area contributed by atoms with E-state index in [9.17, 15) is 14.0 Å². The third-order valence-corrected chi connectivity index (χ3v) is 2.05. The predicted octanol–water partition coefficient (Wildman–Crippen LogP) is 2.15. The maximum absolute atomic E-state index is 12.8. The number of halogens is 2. The third kappa shape index (κ3) is 4.24. The zero-order valence-electron chi connectivity index (χ0n) is 8.87. The topological polar surface area (TPSA) is 55.4 Å². The molecule has 0 heterocycles. The van der Waals surface area contributed by atoms with E-state index in [0.29, 0.717) is 5.69 Å². The Morgan fingerprint density at radius 3 is 2.71 bits per heavy atom. The minimum atomic E-state index is -0.641. The van der Waals surface area contributed by atoms with Crippen molar-refractivity contribution < 1.29 is 18.7 Å². The summed E-state index contributed by atoms with van der Waals surface area (Å²) >= 11 is 5.53. The zero-order chi connectivity index (χ0) is 12.8.